The topological polar surface area (TPSA) is 127 Å². The Labute approximate surface area is 164 Å². The molecule has 0 radical (unpaired) electrons. The lowest BCUT2D eigenvalue weighted by Gasteiger charge is -2.19. The van der Waals surface area contributed by atoms with Gasteiger partial charge in [-0.25, -0.2) is 24.1 Å². The fourth-order valence-corrected chi connectivity index (χ4v) is 3.02. The summed E-state index contributed by atoms with van der Waals surface area (Å²) < 4.78 is 15.7. The number of rotatable bonds is 4. The van der Waals surface area contributed by atoms with Crippen LogP contribution in [0.3, 0.4) is 0 Å². The van der Waals surface area contributed by atoms with Gasteiger partial charge in [-0.05, 0) is 37.1 Å². The molecule has 4 rings (SSSR count). The molecule has 29 heavy (non-hydrogen) atoms. The molecule has 0 aliphatic carbocycles. The highest BCUT2D eigenvalue weighted by molar-refractivity contribution is 5.95. The number of anilines is 2. The van der Waals surface area contributed by atoms with Crippen LogP contribution in [0.2, 0.25) is 0 Å². The summed E-state index contributed by atoms with van der Waals surface area (Å²) >= 11 is 0. The summed E-state index contributed by atoms with van der Waals surface area (Å²) in [5.74, 6) is -0.0675. The van der Waals surface area contributed by atoms with Gasteiger partial charge in [-0.3, -0.25) is 4.79 Å². The first kappa shape index (κ1) is 18.5. The van der Waals surface area contributed by atoms with Gasteiger partial charge in [-0.15, -0.1) is 0 Å². The van der Waals surface area contributed by atoms with Crippen molar-refractivity contribution in [1.82, 2.24) is 30.0 Å². The minimum Gasteiger partial charge on any atom is -0.328 e. The molecule has 2 aromatic heterocycles. The zero-order chi connectivity index (χ0) is 20.4. The van der Waals surface area contributed by atoms with Crippen LogP contribution in [0, 0.1) is 5.82 Å². The first-order chi connectivity index (χ1) is 14.0. The molecule has 0 saturated heterocycles. The second kappa shape index (κ2) is 7.62. The summed E-state index contributed by atoms with van der Waals surface area (Å²) in [6.07, 6.45) is 5.27. The van der Waals surface area contributed by atoms with Gasteiger partial charge < -0.3 is 16.0 Å². The van der Waals surface area contributed by atoms with E-state index in [2.05, 4.69) is 36.0 Å². The average Bonchev–Trinajstić information content (AvgIpc) is 3.19. The Hall–Kier alpha value is -3.89. The normalized spacial score (nSPS) is 13.9. The molecular weight excluding hydrogens is 379 g/mol. The summed E-state index contributed by atoms with van der Waals surface area (Å²) in [6.45, 7) is 1.71. The average molecular weight is 396 g/mol. The molecule has 3 amide bonds. The van der Waals surface area contributed by atoms with E-state index in [1.807, 2.05) is 0 Å². The number of nitrogens with zero attached hydrogens (tertiary/aromatic N) is 5. The predicted octanol–water partition coefficient (Wildman–Crippen LogP) is 1.96. The summed E-state index contributed by atoms with van der Waals surface area (Å²) in [7, 11) is 0. The van der Waals surface area contributed by atoms with Gasteiger partial charge in [0.15, 0.2) is 5.82 Å². The molecule has 1 aliphatic heterocycles. The minimum atomic E-state index is -0.644. The van der Waals surface area contributed by atoms with Crippen molar-refractivity contribution in [2.75, 3.05) is 10.6 Å². The van der Waals surface area contributed by atoms with E-state index in [-0.39, 0.29) is 11.6 Å². The van der Waals surface area contributed by atoms with Crippen molar-refractivity contribution in [2.45, 2.75) is 25.8 Å². The van der Waals surface area contributed by atoms with Gasteiger partial charge in [-0.1, -0.05) is 0 Å². The molecule has 0 spiro atoms. The van der Waals surface area contributed by atoms with Crippen molar-refractivity contribution in [3.05, 3.63) is 54.1 Å². The number of carbonyl (C=O) groups excluding carboxylic acids is 2. The van der Waals surface area contributed by atoms with Crippen LogP contribution in [0.15, 0.2) is 36.9 Å². The highest BCUT2D eigenvalue weighted by Crippen LogP contribution is 2.28. The van der Waals surface area contributed by atoms with Crippen molar-refractivity contribution in [1.29, 1.82) is 0 Å². The molecule has 1 aromatic carbocycles. The number of hydrogen-bond acceptors (Lipinski definition) is 6. The van der Waals surface area contributed by atoms with E-state index in [1.54, 1.807) is 25.4 Å². The van der Waals surface area contributed by atoms with Gasteiger partial charge in [-0.2, -0.15) is 9.78 Å². The summed E-state index contributed by atoms with van der Waals surface area (Å²) in [4.78, 5) is 36.2. The van der Waals surface area contributed by atoms with Crippen LogP contribution >= 0.6 is 0 Å². The van der Waals surface area contributed by atoms with E-state index < -0.39 is 17.9 Å². The van der Waals surface area contributed by atoms with Crippen molar-refractivity contribution in [3.63, 3.8) is 0 Å². The number of aryl methyl sites for hydroxylation is 1. The Morgan fingerprint density at radius 1 is 1.24 bits per heavy atom. The quantitative estimate of drug-likeness (QED) is 0.619. The molecule has 10 nitrogen and oxygen atoms in total. The molecular formula is C18H17FN8O2. The zero-order valence-electron chi connectivity index (χ0n) is 15.4. The number of benzene rings is 1. The molecule has 0 saturated carbocycles. The number of amides is 3. The zero-order valence-corrected chi connectivity index (χ0v) is 15.4. The highest BCUT2D eigenvalue weighted by atomic mass is 19.1. The maximum atomic E-state index is 14.3. The Balaban J connectivity index is 1.47. The number of urea groups is 1. The van der Waals surface area contributed by atoms with Gasteiger partial charge >= 0.3 is 6.03 Å². The van der Waals surface area contributed by atoms with Gasteiger partial charge in [0.1, 0.15) is 12.1 Å². The monoisotopic (exact) mass is 396 g/mol. The maximum absolute atomic E-state index is 14.3. The maximum Gasteiger partial charge on any atom is 0.319 e. The number of halogens is 1. The van der Waals surface area contributed by atoms with Crippen LogP contribution in [0.4, 0.5) is 20.6 Å². The lowest BCUT2D eigenvalue weighted by Crippen LogP contribution is -2.33. The minimum absolute atomic E-state index is 0.0254. The molecule has 148 valence electrons. The standard InChI is InChI=1S/C18H17FN8O2/c1-10(16-22-9-23-27(16)17-20-5-2-6-21-17)24-18(29)26-14-7-11-3-4-15(28)25-13(11)8-12(14)19/h2,5-10H,3-4H2,1H3,(H,25,28)(H2,24,26,29). The van der Waals surface area contributed by atoms with E-state index in [0.29, 0.717) is 30.3 Å². The molecule has 0 fully saturated rings. The SMILES string of the molecule is CC(NC(=O)Nc1cc2c(cc1F)NC(=O)CC2)c1ncnn1-c1ncccn1. The molecule has 1 atom stereocenters. The fraction of sp³-hybridized carbons (Fsp3) is 0.222. The lowest BCUT2D eigenvalue weighted by atomic mass is 10.0. The van der Waals surface area contributed by atoms with Gasteiger partial charge in [0.2, 0.25) is 5.91 Å². The Bertz CT molecular complexity index is 1070. The van der Waals surface area contributed by atoms with E-state index in [0.717, 1.165) is 5.56 Å². The predicted molar refractivity (Wildman–Crippen MR) is 101 cm³/mol. The van der Waals surface area contributed by atoms with Gasteiger partial charge in [0, 0.05) is 24.5 Å². The van der Waals surface area contributed by atoms with Gasteiger partial charge in [0.05, 0.1) is 11.7 Å². The first-order valence-corrected chi connectivity index (χ1v) is 8.88. The van der Waals surface area contributed by atoms with Crippen LogP contribution in [0.5, 0.6) is 0 Å². The van der Waals surface area contributed by atoms with Crippen molar-refractivity contribution >= 4 is 23.3 Å². The summed E-state index contributed by atoms with van der Waals surface area (Å²) in [5.41, 5.74) is 1.21. The largest absolute Gasteiger partial charge is 0.328 e. The van der Waals surface area contributed by atoms with E-state index >= 15 is 0 Å². The second-order valence-electron chi connectivity index (χ2n) is 6.44. The number of fused-ring (bicyclic) bond motifs is 1. The van der Waals surface area contributed by atoms with Crippen LogP contribution < -0.4 is 16.0 Å². The highest BCUT2D eigenvalue weighted by Gasteiger charge is 2.21. The summed E-state index contributed by atoms with van der Waals surface area (Å²) in [6, 6.07) is 3.23. The smallest absolute Gasteiger partial charge is 0.319 e. The van der Waals surface area contributed by atoms with Crippen LogP contribution in [0.25, 0.3) is 5.95 Å². The van der Waals surface area contributed by atoms with Crippen molar-refractivity contribution in [3.8, 4) is 5.95 Å². The molecule has 11 heteroatoms. The van der Waals surface area contributed by atoms with Crippen LogP contribution in [0.1, 0.15) is 30.8 Å². The van der Waals surface area contributed by atoms with Crippen LogP contribution in [-0.4, -0.2) is 36.7 Å². The van der Waals surface area contributed by atoms with E-state index in [9.17, 15) is 14.0 Å². The molecule has 3 heterocycles. The first-order valence-electron chi connectivity index (χ1n) is 8.88. The summed E-state index contributed by atoms with van der Waals surface area (Å²) in [5, 5.41) is 11.9. The van der Waals surface area contributed by atoms with Crippen molar-refractivity contribution in [2.24, 2.45) is 0 Å². The Morgan fingerprint density at radius 2 is 2.03 bits per heavy atom. The van der Waals surface area contributed by atoms with E-state index in [1.165, 1.54) is 23.1 Å². The third kappa shape index (κ3) is 3.88. The molecule has 1 unspecified atom stereocenters. The number of nitrogens with one attached hydrogen (secondary N) is 3. The number of carbonyl (C=O) groups is 2. The van der Waals surface area contributed by atoms with Crippen molar-refractivity contribution < 1.29 is 14.0 Å². The molecule has 3 N–H and O–H groups in total. The Kier molecular flexibility index (Phi) is 4.85. The number of aromatic nitrogens is 5. The Morgan fingerprint density at radius 3 is 2.83 bits per heavy atom. The molecule has 0 bridgehead atoms. The van der Waals surface area contributed by atoms with Gasteiger partial charge in [0.25, 0.3) is 5.95 Å². The fourth-order valence-electron chi connectivity index (χ4n) is 3.02. The lowest BCUT2D eigenvalue weighted by molar-refractivity contribution is -0.116. The number of hydrogen-bond donors (Lipinski definition) is 3. The third-order valence-corrected chi connectivity index (χ3v) is 4.39. The molecule has 1 aliphatic rings. The second-order valence-corrected chi connectivity index (χ2v) is 6.44. The third-order valence-electron chi connectivity index (χ3n) is 4.39. The molecule has 3 aromatic rings. The van der Waals surface area contributed by atoms with Crippen LogP contribution in [-0.2, 0) is 11.2 Å². The van der Waals surface area contributed by atoms with E-state index in [4.69, 9.17) is 0 Å².